The fourth-order valence-electron chi connectivity index (χ4n) is 0.688. The van der Waals surface area contributed by atoms with Crippen LogP contribution in [-0.4, -0.2) is 13.6 Å². The molecule has 0 bridgehead atoms. The molecule has 11 heavy (non-hydrogen) atoms. The van der Waals surface area contributed by atoms with Crippen LogP contribution in [-0.2, 0) is 0 Å². The van der Waals surface area contributed by atoms with E-state index in [9.17, 15) is 0 Å². The Kier molecular flexibility index (Phi) is 3.30. The van der Waals surface area contributed by atoms with Crippen molar-refractivity contribution in [3.63, 3.8) is 0 Å². The summed E-state index contributed by atoms with van der Waals surface area (Å²) in [5.41, 5.74) is 0.945. The Hall–Kier alpha value is -1.20. The van der Waals surface area contributed by atoms with Crippen LogP contribution >= 0.6 is 0 Å². The zero-order chi connectivity index (χ0) is 7.94. The molecule has 1 N–H and O–H groups in total. The fraction of sp³-hybridized carbons (Fsp3) is 0.333. The molecule has 1 rings (SSSR count). The van der Waals surface area contributed by atoms with Crippen molar-refractivity contribution in [3.05, 3.63) is 24.2 Å². The summed E-state index contributed by atoms with van der Waals surface area (Å²) in [5, 5.41) is 3.02. The van der Waals surface area contributed by atoms with Crippen molar-refractivity contribution in [2.45, 2.75) is 6.42 Å². The van der Waals surface area contributed by atoms with Crippen LogP contribution in [0.15, 0.2) is 23.0 Å². The Labute approximate surface area is 66.6 Å². The summed E-state index contributed by atoms with van der Waals surface area (Å²) in [7, 11) is 1.92. The van der Waals surface area contributed by atoms with Crippen LogP contribution in [0.3, 0.4) is 0 Å². The minimum absolute atomic E-state index is 0.877. The van der Waals surface area contributed by atoms with Crippen molar-refractivity contribution in [3.8, 4) is 11.8 Å². The summed E-state index contributed by atoms with van der Waals surface area (Å²) < 4.78 is 4.85. The van der Waals surface area contributed by atoms with E-state index in [1.807, 2.05) is 13.1 Å². The standard InChI is InChI=1S/C9H11NO/c1-10-6-3-2-4-9-5-7-11-8-9/h5,7-8,10H,3,6H2,1H3. The highest BCUT2D eigenvalue weighted by Gasteiger charge is 1.83. The molecule has 58 valence electrons. The molecule has 0 spiro atoms. The second-order valence-corrected chi connectivity index (χ2v) is 2.17. The summed E-state index contributed by atoms with van der Waals surface area (Å²) >= 11 is 0. The second kappa shape index (κ2) is 4.59. The van der Waals surface area contributed by atoms with Gasteiger partial charge in [0, 0.05) is 13.0 Å². The van der Waals surface area contributed by atoms with Gasteiger partial charge in [0.1, 0.15) is 6.26 Å². The Bertz CT molecular complexity index is 240. The minimum atomic E-state index is 0.877. The summed E-state index contributed by atoms with van der Waals surface area (Å²) in [6, 6.07) is 1.85. The van der Waals surface area contributed by atoms with Gasteiger partial charge in [-0.05, 0) is 13.1 Å². The first-order valence-electron chi connectivity index (χ1n) is 3.59. The van der Waals surface area contributed by atoms with Gasteiger partial charge in [-0.1, -0.05) is 11.8 Å². The zero-order valence-electron chi connectivity index (χ0n) is 6.55. The molecule has 1 aromatic rings. The van der Waals surface area contributed by atoms with Gasteiger partial charge in [-0.15, -0.1) is 0 Å². The van der Waals surface area contributed by atoms with Crippen LogP contribution in [0.5, 0.6) is 0 Å². The van der Waals surface area contributed by atoms with Gasteiger partial charge >= 0.3 is 0 Å². The molecule has 0 aliphatic carbocycles. The lowest BCUT2D eigenvalue weighted by molar-refractivity contribution is 0.566. The molecule has 0 radical (unpaired) electrons. The zero-order valence-corrected chi connectivity index (χ0v) is 6.55. The highest BCUT2D eigenvalue weighted by Crippen LogP contribution is 1.95. The second-order valence-electron chi connectivity index (χ2n) is 2.17. The SMILES string of the molecule is CNCCC#Cc1ccoc1. The topological polar surface area (TPSA) is 25.2 Å². The van der Waals surface area contributed by atoms with Gasteiger partial charge in [0.15, 0.2) is 0 Å². The molecule has 0 atom stereocenters. The maximum Gasteiger partial charge on any atom is 0.106 e. The maximum atomic E-state index is 4.85. The Morgan fingerprint density at radius 1 is 1.64 bits per heavy atom. The Balaban J connectivity index is 2.33. The van der Waals surface area contributed by atoms with Gasteiger partial charge < -0.3 is 9.73 Å². The maximum absolute atomic E-state index is 4.85. The molecule has 0 unspecified atom stereocenters. The van der Waals surface area contributed by atoms with E-state index in [-0.39, 0.29) is 0 Å². The van der Waals surface area contributed by atoms with E-state index >= 15 is 0 Å². The molecule has 0 aromatic carbocycles. The highest BCUT2D eigenvalue weighted by molar-refractivity contribution is 5.29. The minimum Gasteiger partial charge on any atom is -0.471 e. The van der Waals surface area contributed by atoms with Gasteiger partial charge in [-0.3, -0.25) is 0 Å². The molecule has 1 aromatic heterocycles. The Morgan fingerprint density at radius 2 is 2.55 bits per heavy atom. The lowest BCUT2D eigenvalue weighted by Crippen LogP contribution is -2.05. The van der Waals surface area contributed by atoms with Gasteiger partial charge in [-0.2, -0.15) is 0 Å². The molecule has 0 saturated carbocycles. The van der Waals surface area contributed by atoms with Crippen LogP contribution in [0.4, 0.5) is 0 Å². The van der Waals surface area contributed by atoms with E-state index < -0.39 is 0 Å². The fourth-order valence-corrected chi connectivity index (χ4v) is 0.688. The van der Waals surface area contributed by atoms with Crippen molar-refractivity contribution < 1.29 is 4.42 Å². The van der Waals surface area contributed by atoms with Gasteiger partial charge in [0.25, 0.3) is 0 Å². The lowest BCUT2D eigenvalue weighted by atomic mass is 10.3. The molecule has 0 aliphatic rings. The summed E-state index contributed by atoms with van der Waals surface area (Å²) in [6.45, 7) is 0.935. The summed E-state index contributed by atoms with van der Waals surface area (Å²) in [6.07, 6.45) is 4.15. The van der Waals surface area contributed by atoms with Crippen molar-refractivity contribution in [1.82, 2.24) is 5.32 Å². The van der Waals surface area contributed by atoms with Crippen molar-refractivity contribution in [2.24, 2.45) is 0 Å². The van der Waals surface area contributed by atoms with E-state index in [1.165, 1.54) is 0 Å². The van der Waals surface area contributed by atoms with Gasteiger partial charge in [0.2, 0.25) is 0 Å². The molecule has 2 nitrogen and oxygen atoms in total. The molecule has 0 amide bonds. The van der Waals surface area contributed by atoms with Crippen LogP contribution in [0.1, 0.15) is 12.0 Å². The predicted molar refractivity (Wildman–Crippen MR) is 44.1 cm³/mol. The molecular formula is C9H11NO. The van der Waals surface area contributed by atoms with Crippen LogP contribution in [0.25, 0.3) is 0 Å². The van der Waals surface area contributed by atoms with Crippen molar-refractivity contribution >= 4 is 0 Å². The molecule has 0 saturated heterocycles. The van der Waals surface area contributed by atoms with E-state index in [4.69, 9.17) is 4.42 Å². The van der Waals surface area contributed by atoms with Crippen LogP contribution < -0.4 is 5.32 Å². The van der Waals surface area contributed by atoms with Gasteiger partial charge in [0.05, 0.1) is 11.8 Å². The number of rotatable bonds is 2. The quantitative estimate of drug-likeness (QED) is 0.505. The first-order valence-corrected chi connectivity index (χ1v) is 3.59. The summed E-state index contributed by atoms with van der Waals surface area (Å²) in [5.74, 6) is 5.99. The predicted octanol–water partition coefficient (Wildman–Crippen LogP) is 1.24. The van der Waals surface area contributed by atoms with Gasteiger partial charge in [-0.25, -0.2) is 0 Å². The molecule has 2 heteroatoms. The lowest BCUT2D eigenvalue weighted by Gasteiger charge is -1.86. The third-order valence-electron chi connectivity index (χ3n) is 1.25. The molecule has 1 heterocycles. The van der Waals surface area contributed by atoms with E-state index in [0.717, 1.165) is 18.5 Å². The van der Waals surface area contributed by atoms with E-state index in [2.05, 4.69) is 17.2 Å². The molecule has 0 aliphatic heterocycles. The third-order valence-corrected chi connectivity index (χ3v) is 1.25. The number of hydrogen-bond acceptors (Lipinski definition) is 2. The number of hydrogen-bond donors (Lipinski definition) is 1. The van der Waals surface area contributed by atoms with E-state index in [0.29, 0.717) is 0 Å². The van der Waals surface area contributed by atoms with Crippen LogP contribution in [0.2, 0.25) is 0 Å². The smallest absolute Gasteiger partial charge is 0.106 e. The van der Waals surface area contributed by atoms with E-state index in [1.54, 1.807) is 12.5 Å². The average molecular weight is 149 g/mol. The van der Waals surface area contributed by atoms with Crippen molar-refractivity contribution in [1.29, 1.82) is 0 Å². The first-order chi connectivity index (χ1) is 5.43. The third kappa shape index (κ3) is 2.92. The van der Waals surface area contributed by atoms with Crippen LogP contribution in [0, 0.1) is 11.8 Å². The Morgan fingerprint density at radius 3 is 3.18 bits per heavy atom. The molecule has 0 fully saturated rings. The highest BCUT2D eigenvalue weighted by atomic mass is 16.3. The largest absolute Gasteiger partial charge is 0.471 e. The average Bonchev–Trinajstić information content (AvgIpc) is 2.50. The number of nitrogens with one attached hydrogen (secondary N) is 1. The normalized spacial score (nSPS) is 8.82. The summed E-state index contributed by atoms with van der Waals surface area (Å²) in [4.78, 5) is 0. The van der Waals surface area contributed by atoms with Crippen molar-refractivity contribution in [2.75, 3.05) is 13.6 Å². The number of furan rings is 1. The molecular weight excluding hydrogens is 138 g/mol. The monoisotopic (exact) mass is 149 g/mol. The first kappa shape index (κ1) is 7.90.